The van der Waals surface area contributed by atoms with E-state index in [1.807, 2.05) is 0 Å². The third-order valence-corrected chi connectivity index (χ3v) is 4.13. The molecule has 1 fully saturated rings. The summed E-state index contributed by atoms with van der Waals surface area (Å²) in [6.07, 6.45) is 6.42. The maximum absolute atomic E-state index is 11.8. The number of rotatable bonds is 5. The minimum atomic E-state index is 0.198. The normalized spacial score (nSPS) is 25.8. The Morgan fingerprint density at radius 3 is 2.31 bits per heavy atom. The van der Waals surface area contributed by atoms with Crippen molar-refractivity contribution in [2.75, 3.05) is 6.54 Å². The molecule has 0 aromatic carbocycles. The molecule has 1 aliphatic carbocycles. The fraction of sp³-hybridized carbons (Fsp3) is 0.923. The zero-order valence-electron chi connectivity index (χ0n) is 10.5. The van der Waals surface area contributed by atoms with Crippen molar-refractivity contribution >= 4 is 17.5 Å². The van der Waals surface area contributed by atoms with Crippen LogP contribution in [0, 0.1) is 11.8 Å². The molecule has 1 N–H and O–H groups in total. The van der Waals surface area contributed by atoms with Crippen LogP contribution in [0.1, 0.15) is 52.4 Å². The lowest BCUT2D eigenvalue weighted by atomic mass is 9.89. The predicted octanol–water partition coefficient (Wildman–Crippen LogP) is 3.34. The maximum atomic E-state index is 11.8. The van der Waals surface area contributed by atoms with Gasteiger partial charge in [-0.25, -0.2) is 0 Å². The highest BCUT2D eigenvalue weighted by Crippen LogP contribution is 2.27. The summed E-state index contributed by atoms with van der Waals surface area (Å²) < 4.78 is 0. The maximum Gasteiger partial charge on any atom is 0.223 e. The molecule has 0 unspecified atom stereocenters. The van der Waals surface area contributed by atoms with Crippen LogP contribution in [0.3, 0.4) is 0 Å². The van der Waals surface area contributed by atoms with Crippen LogP contribution < -0.4 is 5.32 Å². The van der Waals surface area contributed by atoms with Crippen molar-refractivity contribution in [3.63, 3.8) is 0 Å². The summed E-state index contributed by atoms with van der Waals surface area (Å²) >= 11 is 6.05. The van der Waals surface area contributed by atoms with E-state index in [1.54, 1.807) is 0 Å². The SMILES string of the molecule is CCC(CC)C(=O)NCC1CCC(Cl)CC1. The first-order valence-corrected chi connectivity index (χ1v) is 7.02. The molecule has 0 heterocycles. The van der Waals surface area contributed by atoms with E-state index in [1.165, 1.54) is 0 Å². The zero-order chi connectivity index (χ0) is 12.0. The fourth-order valence-corrected chi connectivity index (χ4v) is 2.63. The van der Waals surface area contributed by atoms with E-state index in [0.717, 1.165) is 45.1 Å². The topological polar surface area (TPSA) is 29.1 Å². The van der Waals surface area contributed by atoms with Crippen molar-refractivity contribution in [3.05, 3.63) is 0 Å². The second-order valence-corrected chi connectivity index (χ2v) is 5.49. The number of alkyl halides is 1. The number of nitrogens with one attached hydrogen (secondary N) is 1. The molecule has 1 amide bonds. The highest BCUT2D eigenvalue weighted by atomic mass is 35.5. The Morgan fingerprint density at radius 1 is 1.25 bits per heavy atom. The molecule has 0 aromatic heterocycles. The molecule has 16 heavy (non-hydrogen) atoms. The Kier molecular flexibility index (Phi) is 6.18. The van der Waals surface area contributed by atoms with Gasteiger partial charge in [0.15, 0.2) is 0 Å². The molecule has 2 nitrogen and oxygen atoms in total. The molecular weight excluding hydrogens is 222 g/mol. The number of hydrogen-bond acceptors (Lipinski definition) is 1. The van der Waals surface area contributed by atoms with E-state index < -0.39 is 0 Å². The lowest BCUT2D eigenvalue weighted by molar-refractivity contribution is -0.125. The summed E-state index contributed by atoms with van der Waals surface area (Å²) in [5.74, 6) is 1.08. The first-order valence-electron chi connectivity index (χ1n) is 6.59. The average Bonchev–Trinajstić information content (AvgIpc) is 2.30. The Hall–Kier alpha value is -0.240. The van der Waals surface area contributed by atoms with Crippen molar-refractivity contribution in [3.8, 4) is 0 Å². The van der Waals surface area contributed by atoms with Gasteiger partial charge in [-0.1, -0.05) is 13.8 Å². The van der Waals surface area contributed by atoms with Crippen molar-refractivity contribution < 1.29 is 4.79 Å². The Balaban J connectivity index is 2.21. The Bertz CT molecular complexity index is 208. The summed E-state index contributed by atoms with van der Waals surface area (Å²) in [6.45, 7) is 5.00. The molecule has 0 spiro atoms. The summed E-state index contributed by atoms with van der Waals surface area (Å²) in [5, 5.41) is 3.45. The van der Waals surface area contributed by atoms with Gasteiger partial charge in [-0.2, -0.15) is 0 Å². The van der Waals surface area contributed by atoms with Gasteiger partial charge >= 0.3 is 0 Å². The Morgan fingerprint density at radius 2 is 1.81 bits per heavy atom. The van der Waals surface area contributed by atoms with Crippen LogP contribution in [0.25, 0.3) is 0 Å². The van der Waals surface area contributed by atoms with Gasteiger partial charge < -0.3 is 5.32 Å². The minimum absolute atomic E-state index is 0.198. The third kappa shape index (κ3) is 4.32. The average molecular weight is 246 g/mol. The van der Waals surface area contributed by atoms with E-state index >= 15 is 0 Å². The molecule has 0 bridgehead atoms. The molecular formula is C13H24ClNO. The Labute approximate surface area is 104 Å². The van der Waals surface area contributed by atoms with E-state index in [4.69, 9.17) is 11.6 Å². The van der Waals surface area contributed by atoms with Crippen molar-refractivity contribution in [1.29, 1.82) is 0 Å². The van der Waals surface area contributed by atoms with Gasteiger partial charge in [0.05, 0.1) is 0 Å². The quantitative estimate of drug-likeness (QED) is 0.740. The summed E-state index contributed by atoms with van der Waals surface area (Å²) in [7, 11) is 0. The van der Waals surface area contributed by atoms with Gasteiger partial charge in [-0.15, -0.1) is 11.6 Å². The van der Waals surface area contributed by atoms with E-state index in [-0.39, 0.29) is 11.8 Å². The van der Waals surface area contributed by atoms with Crippen molar-refractivity contribution in [2.24, 2.45) is 11.8 Å². The van der Waals surface area contributed by atoms with Crippen molar-refractivity contribution in [1.82, 2.24) is 5.32 Å². The molecule has 0 radical (unpaired) electrons. The summed E-state index contributed by atoms with van der Waals surface area (Å²) in [6, 6.07) is 0. The molecule has 94 valence electrons. The van der Waals surface area contributed by atoms with Crippen LogP contribution in [0.4, 0.5) is 0 Å². The largest absolute Gasteiger partial charge is 0.356 e. The molecule has 3 heteroatoms. The first kappa shape index (κ1) is 13.8. The molecule has 0 aromatic rings. The molecule has 1 saturated carbocycles. The lowest BCUT2D eigenvalue weighted by Crippen LogP contribution is -2.35. The number of hydrogen-bond donors (Lipinski definition) is 1. The summed E-state index contributed by atoms with van der Waals surface area (Å²) in [4.78, 5) is 11.8. The van der Waals surface area contributed by atoms with Gasteiger partial charge in [0.1, 0.15) is 0 Å². The van der Waals surface area contributed by atoms with Crippen LogP contribution in [0.15, 0.2) is 0 Å². The van der Waals surface area contributed by atoms with Crippen LogP contribution in [0.2, 0.25) is 0 Å². The van der Waals surface area contributed by atoms with Gasteiger partial charge in [0, 0.05) is 17.8 Å². The standard InChI is InChI=1S/C13H24ClNO/c1-3-11(4-2)13(16)15-9-10-5-7-12(14)8-6-10/h10-12H,3-9H2,1-2H3,(H,15,16). The fourth-order valence-electron chi connectivity index (χ4n) is 2.37. The van der Waals surface area contributed by atoms with E-state index in [0.29, 0.717) is 11.3 Å². The van der Waals surface area contributed by atoms with Gasteiger partial charge in [0.25, 0.3) is 0 Å². The number of halogens is 1. The molecule has 0 aliphatic heterocycles. The van der Waals surface area contributed by atoms with Crippen LogP contribution in [0.5, 0.6) is 0 Å². The lowest BCUT2D eigenvalue weighted by Gasteiger charge is -2.25. The highest BCUT2D eigenvalue weighted by Gasteiger charge is 2.21. The molecule has 1 aliphatic rings. The van der Waals surface area contributed by atoms with Gasteiger partial charge in [-0.3, -0.25) is 4.79 Å². The number of amides is 1. The van der Waals surface area contributed by atoms with E-state index in [9.17, 15) is 4.79 Å². The smallest absolute Gasteiger partial charge is 0.223 e. The second-order valence-electron chi connectivity index (χ2n) is 4.88. The van der Waals surface area contributed by atoms with Gasteiger partial charge in [0.2, 0.25) is 5.91 Å². The third-order valence-electron chi connectivity index (χ3n) is 3.70. The summed E-state index contributed by atoms with van der Waals surface area (Å²) in [5.41, 5.74) is 0. The van der Waals surface area contributed by atoms with Gasteiger partial charge in [-0.05, 0) is 44.4 Å². The zero-order valence-corrected chi connectivity index (χ0v) is 11.2. The second kappa shape index (κ2) is 7.16. The molecule has 1 rings (SSSR count). The minimum Gasteiger partial charge on any atom is -0.356 e. The number of carbonyl (C=O) groups is 1. The monoisotopic (exact) mass is 245 g/mol. The molecule has 0 saturated heterocycles. The van der Waals surface area contributed by atoms with Crippen LogP contribution in [-0.4, -0.2) is 17.8 Å². The number of carbonyl (C=O) groups excluding carboxylic acids is 1. The van der Waals surface area contributed by atoms with Crippen LogP contribution >= 0.6 is 11.6 Å². The van der Waals surface area contributed by atoms with Crippen LogP contribution in [-0.2, 0) is 4.79 Å². The highest BCUT2D eigenvalue weighted by molar-refractivity contribution is 6.20. The predicted molar refractivity (Wildman–Crippen MR) is 68.7 cm³/mol. The van der Waals surface area contributed by atoms with Crippen molar-refractivity contribution in [2.45, 2.75) is 57.7 Å². The first-order chi connectivity index (χ1) is 7.67. The van der Waals surface area contributed by atoms with E-state index in [2.05, 4.69) is 19.2 Å². The molecule has 0 atom stereocenters.